The molecule has 140 valence electrons. The molecule has 7 nitrogen and oxygen atoms in total. The lowest BCUT2D eigenvalue weighted by molar-refractivity contribution is -0.138. The Labute approximate surface area is 157 Å². The van der Waals surface area contributed by atoms with Gasteiger partial charge in [0.05, 0.1) is 23.8 Å². The number of nitrogens with zero attached hydrogens (tertiary/aromatic N) is 3. The third-order valence-corrected chi connectivity index (χ3v) is 4.58. The number of esters is 1. The van der Waals surface area contributed by atoms with Crippen LogP contribution >= 0.6 is 11.8 Å². The summed E-state index contributed by atoms with van der Waals surface area (Å²) in [5.41, 5.74) is 0.309. The van der Waals surface area contributed by atoms with Crippen LogP contribution in [0.5, 0.6) is 0 Å². The van der Waals surface area contributed by atoms with Gasteiger partial charge in [-0.25, -0.2) is 4.79 Å². The van der Waals surface area contributed by atoms with Gasteiger partial charge in [-0.15, -0.1) is 11.8 Å². The summed E-state index contributed by atoms with van der Waals surface area (Å²) in [4.78, 5) is 39.8. The van der Waals surface area contributed by atoms with Crippen LogP contribution in [-0.4, -0.2) is 67.1 Å². The van der Waals surface area contributed by atoms with Gasteiger partial charge in [0.2, 0.25) is 5.91 Å². The van der Waals surface area contributed by atoms with Crippen LogP contribution in [0.1, 0.15) is 23.7 Å². The standard InChI is InChI=1S/C18H23N3O4S/c1-13(17(23)21(4)11-7-10-19)25-18(24)14-8-5-6-9-15(14)26-12-16(22)20(2)3/h5-6,8-9,13H,7,11-12H2,1-4H3/t13-/m1/s1. The van der Waals surface area contributed by atoms with Gasteiger partial charge in [0.15, 0.2) is 6.10 Å². The first kappa shape index (κ1) is 21.5. The van der Waals surface area contributed by atoms with Gasteiger partial charge in [-0.05, 0) is 19.1 Å². The minimum atomic E-state index is -0.965. The highest BCUT2D eigenvalue weighted by Crippen LogP contribution is 2.24. The highest BCUT2D eigenvalue weighted by atomic mass is 32.2. The minimum absolute atomic E-state index is 0.0687. The number of benzene rings is 1. The molecule has 0 fully saturated rings. The molecule has 0 aliphatic rings. The highest BCUT2D eigenvalue weighted by molar-refractivity contribution is 8.00. The Kier molecular flexibility index (Phi) is 8.65. The van der Waals surface area contributed by atoms with E-state index in [9.17, 15) is 14.4 Å². The van der Waals surface area contributed by atoms with E-state index in [1.807, 2.05) is 6.07 Å². The average molecular weight is 377 g/mol. The summed E-state index contributed by atoms with van der Waals surface area (Å²) < 4.78 is 5.27. The topological polar surface area (TPSA) is 90.7 Å². The van der Waals surface area contributed by atoms with E-state index in [2.05, 4.69) is 0 Å². The minimum Gasteiger partial charge on any atom is -0.449 e. The first-order valence-electron chi connectivity index (χ1n) is 8.02. The van der Waals surface area contributed by atoms with E-state index in [-0.39, 0.29) is 30.5 Å². The van der Waals surface area contributed by atoms with Crippen LogP contribution in [0, 0.1) is 11.3 Å². The fourth-order valence-corrected chi connectivity index (χ4v) is 2.96. The summed E-state index contributed by atoms with van der Waals surface area (Å²) >= 11 is 1.24. The predicted octanol–water partition coefficient (Wildman–Crippen LogP) is 1.78. The van der Waals surface area contributed by atoms with Crippen LogP contribution in [0.4, 0.5) is 0 Å². The normalized spacial score (nSPS) is 11.2. The molecule has 1 aromatic rings. The first-order chi connectivity index (χ1) is 12.3. The van der Waals surface area contributed by atoms with E-state index in [4.69, 9.17) is 10.00 Å². The largest absolute Gasteiger partial charge is 0.449 e. The van der Waals surface area contributed by atoms with Gasteiger partial charge in [0.25, 0.3) is 5.91 Å². The van der Waals surface area contributed by atoms with Crippen molar-refractivity contribution in [1.82, 2.24) is 9.80 Å². The molecule has 0 radical (unpaired) electrons. The molecule has 0 saturated heterocycles. The molecule has 26 heavy (non-hydrogen) atoms. The molecule has 0 aromatic heterocycles. The summed E-state index contributed by atoms with van der Waals surface area (Å²) in [5.74, 6) is -0.870. The number of likely N-dealkylation sites (N-methyl/N-ethyl adjacent to an activating group) is 1. The number of carbonyl (C=O) groups excluding carboxylic acids is 3. The fourth-order valence-electron chi connectivity index (χ4n) is 1.94. The zero-order valence-electron chi connectivity index (χ0n) is 15.4. The van der Waals surface area contributed by atoms with Crippen molar-refractivity contribution in [2.75, 3.05) is 33.4 Å². The Morgan fingerprint density at radius 3 is 2.50 bits per heavy atom. The maximum atomic E-state index is 12.4. The smallest absolute Gasteiger partial charge is 0.340 e. The summed E-state index contributed by atoms with van der Waals surface area (Å²) in [6.07, 6.45) is -0.755. The monoisotopic (exact) mass is 377 g/mol. The van der Waals surface area contributed by atoms with Crippen LogP contribution in [-0.2, 0) is 14.3 Å². The van der Waals surface area contributed by atoms with Crippen molar-refractivity contribution in [3.05, 3.63) is 29.8 Å². The second-order valence-corrected chi connectivity index (χ2v) is 6.81. The maximum Gasteiger partial charge on any atom is 0.340 e. The highest BCUT2D eigenvalue weighted by Gasteiger charge is 2.23. The zero-order valence-corrected chi connectivity index (χ0v) is 16.2. The van der Waals surface area contributed by atoms with Gasteiger partial charge in [-0.2, -0.15) is 5.26 Å². The van der Waals surface area contributed by atoms with Crippen molar-refractivity contribution < 1.29 is 19.1 Å². The van der Waals surface area contributed by atoms with E-state index in [0.29, 0.717) is 10.5 Å². The lowest BCUT2D eigenvalue weighted by Gasteiger charge is -2.21. The van der Waals surface area contributed by atoms with Gasteiger partial charge in [0.1, 0.15) is 0 Å². The second-order valence-electron chi connectivity index (χ2n) is 5.79. The molecule has 0 aliphatic carbocycles. The van der Waals surface area contributed by atoms with Gasteiger partial charge < -0.3 is 14.5 Å². The third kappa shape index (κ3) is 6.41. The molecule has 1 aromatic carbocycles. The van der Waals surface area contributed by atoms with Crippen molar-refractivity contribution in [3.8, 4) is 6.07 Å². The molecule has 0 bridgehead atoms. The number of amides is 2. The summed E-state index contributed by atoms with van der Waals surface area (Å²) in [6, 6.07) is 8.75. The molecule has 0 spiro atoms. The summed E-state index contributed by atoms with van der Waals surface area (Å²) in [6.45, 7) is 1.77. The van der Waals surface area contributed by atoms with Crippen LogP contribution < -0.4 is 0 Å². The van der Waals surface area contributed by atoms with Crippen LogP contribution in [0.2, 0.25) is 0 Å². The summed E-state index contributed by atoms with van der Waals surface area (Å²) in [5, 5.41) is 8.58. The molecule has 8 heteroatoms. The molecule has 1 atom stereocenters. The molecule has 0 N–H and O–H groups in total. The van der Waals surface area contributed by atoms with Crippen molar-refractivity contribution in [2.45, 2.75) is 24.3 Å². The van der Waals surface area contributed by atoms with Crippen molar-refractivity contribution in [2.24, 2.45) is 0 Å². The second kappa shape index (κ2) is 10.5. The number of carbonyl (C=O) groups is 3. The third-order valence-electron chi connectivity index (χ3n) is 3.52. The Morgan fingerprint density at radius 2 is 1.88 bits per heavy atom. The first-order valence-corrected chi connectivity index (χ1v) is 9.01. The lowest BCUT2D eigenvalue weighted by atomic mass is 10.2. The van der Waals surface area contributed by atoms with Crippen LogP contribution in [0.3, 0.4) is 0 Å². The van der Waals surface area contributed by atoms with Gasteiger partial charge in [0, 0.05) is 32.6 Å². The Morgan fingerprint density at radius 1 is 1.23 bits per heavy atom. The SMILES string of the molecule is C[C@@H](OC(=O)c1ccccc1SCC(=O)N(C)C)C(=O)N(C)CCC#N. The Bertz CT molecular complexity index is 700. The van der Waals surface area contributed by atoms with E-state index >= 15 is 0 Å². The van der Waals surface area contributed by atoms with Crippen LogP contribution in [0.25, 0.3) is 0 Å². The number of hydrogen-bond acceptors (Lipinski definition) is 6. The number of hydrogen-bond donors (Lipinski definition) is 0. The van der Waals surface area contributed by atoms with Gasteiger partial charge in [-0.3, -0.25) is 9.59 Å². The van der Waals surface area contributed by atoms with Crippen LogP contribution in [0.15, 0.2) is 29.2 Å². The number of ether oxygens (including phenoxy) is 1. The molecule has 0 saturated carbocycles. The molecular formula is C18H23N3O4S. The maximum absolute atomic E-state index is 12.4. The van der Waals surface area contributed by atoms with Crippen molar-refractivity contribution >= 4 is 29.5 Å². The number of nitriles is 1. The average Bonchev–Trinajstić information content (AvgIpc) is 2.63. The Hall–Kier alpha value is -2.53. The van der Waals surface area contributed by atoms with Crippen molar-refractivity contribution in [1.29, 1.82) is 5.26 Å². The van der Waals surface area contributed by atoms with E-state index in [0.717, 1.165) is 0 Å². The quantitative estimate of drug-likeness (QED) is 0.507. The molecule has 0 unspecified atom stereocenters. The zero-order chi connectivity index (χ0) is 19.7. The molecule has 0 aliphatic heterocycles. The Balaban J connectivity index is 2.76. The fraction of sp³-hybridized carbons (Fsp3) is 0.444. The summed E-state index contributed by atoms with van der Waals surface area (Å²) in [7, 11) is 4.89. The number of rotatable bonds is 8. The van der Waals surface area contributed by atoms with E-state index in [1.54, 1.807) is 45.4 Å². The predicted molar refractivity (Wildman–Crippen MR) is 98.6 cm³/mol. The lowest BCUT2D eigenvalue weighted by Crippen LogP contribution is -2.38. The van der Waals surface area contributed by atoms with E-state index < -0.39 is 12.1 Å². The van der Waals surface area contributed by atoms with Crippen molar-refractivity contribution in [3.63, 3.8) is 0 Å². The molecule has 2 amide bonds. The molecular weight excluding hydrogens is 354 g/mol. The van der Waals surface area contributed by atoms with Gasteiger partial charge in [-0.1, -0.05) is 12.1 Å². The van der Waals surface area contributed by atoms with Gasteiger partial charge >= 0.3 is 5.97 Å². The van der Waals surface area contributed by atoms with E-state index in [1.165, 1.54) is 28.5 Å². The number of thioether (sulfide) groups is 1. The molecule has 0 heterocycles. The molecule has 1 rings (SSSR count).